The molecular formula is C17H15F3N2O5. The summed E-state index contributed by atoms with van der Waals surface area (Å²) in [6.07, 6.45) is -5.62. The lowest BCUT2D eigenvalue weighted by molar-refractivity contribution is -0.386. The zero-order valence-corrected chi connectivity index (χ0v) is 14.2. The summed E-state index contributed by atoms with van der Waals surface area (Å²) in [6.45, 7) is 1.35. The Morgan fingerprint density at radius 3 is 2.33 bits per heavy atom. The van der Waals surface area contributed by atoms with Crippen molar-refractivity contribution in [1.29, 1.82) is 0 Å². The second-order valence-corrected chi connectivity index (χ2v) is 5.42. The minimum atomic E-state index is -4.48. The van der Waals surface area contributed by atoms with Crippen LogP contribution in [0.15, 0.2) is 42.5 Å². The summed E-state index contributed by atoms with van der Waals surface area (Å²) in [6, 6.07) is 7.73. The number of carbonyl (C=O) groups is 1. The number of nitrogens with one attached hydrogen (secondary N) is 1. The van der Waals surface area contributed by atoms with Crippen LogP contribution in [0.1, 0.15) is 12.5 Å². The van der Waals surface area contributed by atoms with Gasteiger partial charge in [0, 0.05) is 5.69 Å². The van der Waals surface area contributed by atoms with Crippen molar-refractivity contribution in [3.63, 3.8) is 0 Å². The monoisotopic (exact) mass is 384 g/mol. The molecule has 0 aliphatic carbocycles. The molecule has 0 spiro atoms. The van der Waals surface area contributed by atoms with Gasteiger partial charge >= 0.3 is 11.9 Å². The van der Waals surface area contributed by atoms with Gasteiger partial charge in [0.2, 0.25) is 0 Å². The molecule has 1 amide bonds. The highest BCUT2D eigenvalue weighted by atomic mass is 19.4. The number of amides is 1. The Labute approximate surface area is 151 Å². The molecule has 0 aromatic heterocycles. The van der Waals surface area contributed by atoms with Crippen molar-refractivity contribution in [2.45, 2.75) is 19.2 Å². The van der Waals surface area contributed by atoms with Crippen LogP contribution in [-0.2, 0) is 11.0 Å². The van der Waals surface area contributed by atoms with Crippen LogP contribution in [0.5, 0.6) is 11.5 Å². The van der Waals surface area contributed by atoms with Crippen molar-refractivity contribution >= 4 is 17.3 Å². The third-order valence-corrected chi connectivity index (χ3v) is 3.52. The van der Waals surface area contributed by atoms with Gasteiger partial charge in [-0.05, 0) is 43.3 Å². The number of nitro benzene ring substituents is 1. The maximum atomic E-state index is 12.5. The second-order valence-electron chi connectivity index (χ2n) is 5.42. The Hall–Kier alpha value is -3.30. The zero-order valence-electron chi connectivity index (χ0n) is 14.2. The molecule has 27 heavy (non-hydrogen) atoms. The first-order chi connectivity index (χ1) is 12.6. The highest BCUT2D eigenvalue weighted by molar-refractivity contribution is 5.94. The number of ether oxygens (including phenoxy) is 2. The number of hydrogen-bond acceptors (Lipinski definition) is 5. The van der Waals surface area contributed by atoms with E-state index in [0.29, 0.717) is 0 Å². The highest BCUT2D eigenvalue weighted by Crippen LogP contribution is 2.32. The summed E-state index contributed by atoms with van der Waals surface area (Å²) in [5.74, 6) is -0.577. The summed E-state index contributed by atoms with van der Waals surface area (Å²) < 4.78 is 47.8. The van der Waals surface area contributed by atoms with Crippen molar-refractivity contribution in [3.8, 4) is 11.5 Å². The minimum Gasteiger partial charge on any atom is -0.496 e. The van der Waals surface area contributed by atoms with Crippen molar-refractivity contribution < 1.29 is 32.4 Å². The number of carbonyl (C=O) groups excluding carboxylic acids is 1. The molecule has 1 N–H and O–H groups in total. The summed E-state index contributed by atoms with van der Waals surface area (Å²) in [4.78, 5) is 22.6. The largest absolute Gasteiger partial charge is 0.496 e. The molecule has 0 saturated carbocycles. The second kappa shape index (κ2) is 7.94. The molecule has 1 unspecified atom stereocenters. The molecule has 10 heteroatoms. The Morgan fingerprint density at radius 1 is 1.19 bits per heavy atom. The first kappa shape index (κ1) is 20.0. The molecule has 144 valence electrons. The van der Waals surface area contributed by atoms with E-state index in [2.05, 4.69) is 5.32 Å². The van der Waals surface area contributed by atoms with Crippen LogP contribution in [0.25, 0.3) is 0 Å². The topological polar surface area (TPSA) is 90.7 Å². The van der Waals surface area contributed by atoms with E-state index in [-0.39, 0.29) is 22.9 Å². The molecule has 2 aromatic rings. The minimum absolute atomic E-state index is 0.132. The van der Waals surface area contributed by atoms with E-state index >= 15 is 0 Å². The normalized spacial score (nSPS) is 12.2. The van der Waals surface area contributed by atoms with Gasteiger partial charge in [-0.25, -0.2) is 0 Å². The number of rotatable bonds is 6. The van der Waals surface area contributed by atoms with Gasteiger partial charge in [0.15, 0.2) is 11.9 Å². The van der Waals surface area contributed by atoms with Gasteiger partial charge in [0.25, 0.3) is 5.91 Å². The number of alkyl halides is 3. The predicted molar refractivity (Wildman–Crippen MR) is 89.8 cm³/mol. The van der Waals surface area contributed by atoms with Crippen LogP contribution >= 0.6 is 0 Å². The van der Waals surface area contributed by atoms with Crippen molar-refractivity contribution in [2.75, 3.05) is 12.4 Å². The predicted octanol–water partition coefficient (Wildman–Crippen LogP) is 4.03. The van der Waals surface area contributed by atoms with Gasteiger partial charge in [-0.3, -0.25) is 14.9 Å². The van der Waals surface area contributed by atoms with Gasteiger partial charge in [0.05, 0.1) is 23.7 Å². The molecule has 0 fully saturated rings. The van der Waals surface area contributed by atoms with E-state index < -0.39 is 28.7 Å². The third kappa shape index (κ3) is 5.09. The van der Waals surface area contributed by atoms with E-state index in [4.69, 9.17) is 9.47 Å². The lowest BCUT2D eigenvalue weighted by atomic mass is 10.2. The fourth-order valence-corrected chi connectivity index (χ4v) is 2.10. The van der Waals surface area contributed by atoms with Crippen molar-refractivity contribution in [2.24, 2.45) is 0 Å². The Balaban J connectivity index is 2.09. The summed E-state index contributed by atoms with van der Waals surface area (Å²) in [5, 5.41) is 13.5. The molecule has 0 saturated heterocycles. The van der Waals surface area contributed by atoms with Crippen LogP contribution < -0.4 is 14.8 Å². The highest BCUT2D eigenvalue weighted by Gasteiger charge is 2.30. The Morgan fingerprint density at radius 2 is 1.81 bits per heavy atom. The van der Waals surface area contributed by atoms with Crippen molar-refractivity contribution in [1.82, 2.24) is 0 Å². The van der Waals surface area contributed by atoms with E-state index in [9.17, 15) is 28.1 Å². The van der Waals surface area contributed by atoms with Crippen LogP contribution in [0, 0.1) is 10.1 Å². The summed E-state index contributed by atoms with van der Waals surface area (Å²) >= 11 is 0. The van der Waals surface area contributed by atoms with Gasteiger partial charge < -0.3 is 14.8 Å². The number of nitrogens with zero attached hydrogens (tertiary/aromatic N) is 1. The van der Waals surface area contributed by atoms with Gasteiger partial charge in [-0.15, -0.1) is 0 Å². The SMILES string of the molecule is COc1ccc(OC(C)C(=O)Nc2ccc(C(F)(F)F)cc2)c([N+](=O)[O-])c1. The van der Waals surface area contributed by atoms with Crippen LogP contribution in [0.3, 0.4) is 0 Å². The van der Waals surface area contributed by atoms with E-state index in [0.717, 1.165) is 30.3 Å². The molecule has 1 atom stereocenters. The average molecular weight is 384 g/mol. The van der Waals surface area contributed by atoms with Crippen LogP contribution in [0.2, 0.25) is 0 Å². The lowest BCUT2D eigenvalue weighted by Gasteiger charge is -2.15. The first-order valence-corrected chi connectivity index (χ1v) is 7.59. The van der Waals surface area contributed by atoms with Gasteiger partial charge in [-0.1, -0.05) is 0 Å². The fourth-order valence-electron chi connectivity index (χ4n) is 2.10. The van der Waals surface area contributed by atoms with Crippen LogP contribution in [0.4, 0.5) is 24.5 Å². The molecule has 0 aliphatic heterocycles. The smallest absolute Gasteiger partial charge is 0.416 e. The molecule has 0 aliphatic rings. The maximum absolute atomic E-state index is 12.5. The zero-order chi connectivity index (χ0) is 20.2. The van der Waals surface area contributed by atoms with Crippen molar-refractivity contribution in [3.05, 3.63) is 58.1 Å². The molecular weight excluding hydrogens is 369 g/mol. The standard InChI is InChI=1S/C17H15F3N2O5/c1-10(27-15-8-7-13(26-2)9-14(15)22(24)25)16(23)21-12-5-3-11(4-6-12)17(18,19)20/h3-10H,1-2H3,(H,21,23). The molecule has 2 aromatic carbocycles. The maximum Gasteiger partial charge on any atom is 0.416 e. The van der Waals surface area contributed by atoms with E-state index in [1.807, 2.05) is 0 Å². The third-order valence-electron chi connectivity index (χ3n) is 3.52. The average Bonchev–Trinajstić information content (AvgIpc) is 2.61. The fraction of sp³-hybridized carbons (Fsp3) is 0.235. The molecule has 0 heterocycles. The molecule has 7 nitrogen and oxygen atoms in total. The number of hydrogen-bond donors (Lipinski definition) is 1. The Kier molecular flexibility index (Phi) is 5.88. The first-order valence-electron chi connectivity index (χ1n) is 7.59. The number of methoxy groups -OCH3 is 1. The van der Waals surface area contributed by atoms with E-state index in [1.165, 1.54) is 26.2 Å². The Bertz CT molecular complexity index is 837. The number of nitro groups is 1. The van der Waals surface area contributed by atoms with E-state index in [1.54, 1.807) is 0 Å². The molecule has 0 bridgehead atoms. The number of halogens is 3. The molecule has 0 radical (unpaired) electrons. The molecule has 2 rings (SSSR count). The van der Waals surface area contributed by atoms with Gasteiger partial charge in [-0.2, -0.15) is 13.2 Å². The van der Waals surface area contributed by atoms with Crippen LogP contribution in [-0.4, -0.2) is 24.0 Å². The van der Waals surface area contributed by atoms with Gasteiger partial charge in [0.1, 0.15) is 5.75 Å². The quantitative estimate of drug-likeness (QED) is 0.600. The lowest BCUT2D eigenvalue weighted by Crippen LogP contribution is -2.30. The summed E-state index contributed by atoms with van der Waals surface area (Å²) in [7, 11) is 1.35. The number of anilines is 1. The number of benzene rings is 2. The summed E-state index contributed by atoms with van der Waals surface area (Å²) in [5.41, 5.74) is -1.10.